The zero-order valence-electron chi connectivity index (χ0n) is 40.3. The summed E-state index contributed by atoms with van der Waals surface area (Å²) in [5, 5.41) is 2.06. The molecule has 10 aromatic rings. The van der Waals surface area contributed by atoms with Crippen LogP contribution in [0.1, 0.15) is 45.7 Å². The van der Waals surface area contributed by atoms with E-state index in [2.05, 4.69) is 62.0 Å². The van der Waals surface area contributed by atoms with E-state index in [4.69, 9.17) is 27.4 Å². The zero-order valence-corrected chi connectivity index (χ0v) is 36.5. The molecule has 12 rings (SSSR count). The van der Waals surface area contributed by atoms with Crippen LogP contribution in [0.2, 0.25) is 0 Å². The molecule has 308 valence electrons. The number of hydrogen-bond acceptors (Lipinski definition) is 4. The van der Waals surface area contributed by atoms with E-state index in [1.54, 1.807) is 28.8 Å². The number of ether oxygens (including phenoxy) is 3. The first-order valence-corrected chi connectivity index (χ1v) is 20.5. The number of nitrogens with zero attached hydrogens (tertiary/aromatic N) is 4. The van der Waals surface area contributed by atoms with Gasteiger partial charge in [-0.3, -0.25) is 4.57 Å². The Morgan fingerprint density at radius 2 is 1.37 bits per heavy atom. The van der Waals surface area contributed by atoms with E-state index in [9.17, 15) is 0 Å². The van der Waals surface area contributed by atoms with Gasteiger partial charge in [-0.1, -0.05) is 105 Å². The molecule has 3 aromatic heterocycles. The topological polar surface area (TPSA) is 54.3 Å². The smallest absolute Gasteiger partial charge is 0.268 e. The second-order valence-corrected chi connectivity index (χ2v) is 16.7. The third-order valence-electron chi connectivity index (χ3n) is 12.0. The average molecular weight is 1000 g/mol. The van der Waals surface area contributed by atoms with Gasteiger partial charge < -0.3 is 23.3 Å². The summed E-state index contributed by atoms with van der Waals surface area (Å²) in [7, 11) is 0. The first kappa shape index (κ1) is 32.8. The molecule has 0 N–H and O–H groups in total. The molecule has 0 radical (unpaired) electrons. The summed E-state index contributed by atoms with van der Waals surface area (Å²) in [6.45, 7) is 0.241. The second kappa shape index (κ2) is 14.6. The summed E-state index contributed by atoms with van der Waals surface area (Å²) in [6, 6.07) is 50.8. The summed E-state index contributed by atoms with van der Waals surface area (Å²) >= 11 is 0. The van der Waals surface area contributed by atoms with Crippen molar-refractivity contribution in [2.75, 3.05) is 0 Å². The molecule has 0 saturated carbocycles. The molecule has 2 aliphatic rings. The minimum Gasteiger partial charge on any atom is -0.510 e. The molecule has 0 saturated heterocycles. The summed E-state index contributed by atoms with van der Waals surface area (Å²) in [6.07, 6.45) is 5.20. The number of fused-ring (bicyclic) bond motifs is 8. The molecule has 0 aliphatic carbocycles. The van der Waals surface area contributed by atoms with E-state index in [0.717, 1.165) is 44.1 Å². The van der Waals surface area contributed by atoms with Crippen LogP contribution in [0.4, 0.5) is 0 Å². The number of benzene rings is 7. The summed E-state index contributed by atoms with van der Waals surface area (Å²) < 4.78 is 79.7. The average Bonchev–Trinajstić information content (AvgIpc) is 3.86. The molecule has 7 nitrogen and oxygen atoms in total. The van der Waals surface area contributed by atoms with Gasteiger partial charge in [-0.05, 0) is 77.0 Å². The van der Waals surface area contributed by atoms with Crippen molar-refractivity contribution in [1.29, 1.82) is 0 Å². The first-order chi connectivity index (χ1) is 32.6. The normalized spacial score (nSPS) is 14.4. The maximum atomic E-state index is 9.10. The Morgan fingerprint density at radius 1 is 0.698 bits per heavy atom. The number of hydrogen-bond donors (Lipinski definition) is 0. The van der Waals surface area contributed by atoms with Gasteiger partial charge >= 0.3 is 0 Å². The van der Waals surface area contributed by atoms with Crippen LogP contribution < -0.4 is 35.2 Å². The van der Waals surface area contributed by atoms with Crippen LogP contribution in [0.3, 0.4) is 0 Å². The molecule has 7 aromatic carbocycles. The maximum absolute atomic E-state index is 9.10. The summed E-state index contributed by atoms with van der Waals surface area (Å²) in [5.41, 5.74) is 5.68. The van der Waals surface area contributed by atoms with Crippen LogP contribution >= 0.6 is 0 Å². The Kier molecular flexibility index (Phi) is 7.60. The quantitative estimate of drug-likeness (QED) is 0.0980. The van der Waals surface area contributed by atoms with Crippen LogP contribution in [0.15, 0.2) is 146 Å². The Morgan fingerprint density at radius 3 is 2.10 bits per heavy atom. The van der Waals surface area contributed by atoms with Gasteiger partial charge in [0.05, 0.1) is 16.7 Å². The van der Waals surface area contributed by atoms with Gasteiger partial charge in [0.15, 0.2) is 0 Å². The van der Waals surface area contributed by atoms with Gasteiger partial charge in [0.25, 0.3) is 13.0 Å². The summed E-state index contributed by atoms with van der Waals surface area (Å²) in [5.74, 6) is 2.61. The van der Waals surface area contributed by atoms with E-state index in [-0.39, 0.29) is 54.8 Å². The van der Waals surface area contributed by atoms with Gasteiger partial charge in [-0.2, -0.15) is 18.2 Å². The second-order valence-electron chi connectivity index (χ2n) is 16.7. The van der Waals surface area contributed by atoms with Gasteiger partial charge in [0, 0.05) is 69.1 Å². The molecule has 9 heteroatoms. The minimum absolute atomic E-state index is 0. The fourth-order valence-corrected chi connectivity index (χ4v) is 9.06. The van der Waals surface area contributed by atoms with Gasteiger partial charge in [0.1, 0.15) is 28.8 Å². The number of para-hydroxylation sites is 5. The Labute approximate surface area is 388 Å². The Hall–Kier alpha value is -6.89. The maximum Gasteiger partial charge on any atom is 0.268 e. The third kappa shape index (κ3) is 6.06. The van der Waals surface area contributed by atoms with E-state index in [1.807, 2.05) is 103 Å². The van der Waals surface area contributed by atoms with Crippen LogP contribution in [0, 0.1) is 32.2 Å². The largest absolute Gasteiger partial charge is 0.510 e. The van der Waals surface area contributed by atoms with Crippen molar-refractivity contribution in [3.63, 3.8) is 0 Å². The van der Waals surface area contributed by atoms with Gasteiger partial charge in [0.2, 0.25) is 0 Å². The number of pyridine rings is 1. The van der Waals surface area contributed by atoms with Crippen molar-refractivity contribution in [1.82, 2.24) is 14.1 Å². The number of imidazole rings is 1. The fraction of sp³-hybridized carbons (Fsp3) is 0.111. The van der Waals surface area contributed by atoms with Crippen molar-refractivity contribution in [3.8, 4) is 51.7 Å². The van der Waals surface area contributed by atoms with Gasteiger partial charge in [-0.15, -0.1) is 29.7 Å². The number of aromatic nitrogens is 4. The van der Waals surface area contributed by atoms with Crippen molar-refractivity contribution in [3.05, 3.63) is 181 Å². The van der Waals surface area contributed by atoms with Gasteiger partial charge in [-0.25, -0.2) is 4.98 Å². The molecule has 0 unspecified atom stereocenters. The summed E-state index contributed by atoms with van der Waals surface area (Å²) in [4.78, 5) is 4.81. The standard InChI is InChI=1S/C54H39BN4O3.Pt/c1-33-51(34(2)53-50-52(33)61-47-23-12-7-18-41(47)55(50)42-19-8-13-24-48(42)62-53)58-32-57(44-21-10-11-22-45(44)58)36-15-14-16-37(30-36)60-38-25-26-40-39-17-6-9-20-43(39)59(46(40)31-38)49-29-35(27-28-56-49)54(3,4)5;/h6-29H,1-5H3;/q-2;/i1D3,2D3;. The van der Waals surface area contributed by atoms with Crippen LogP contribution in [-0.2, 0) is 26.5 Å². The van der Waals surface area contributed by atoms with Crippen LogP contribution in [0.5, 0.6) is 34.5 Å². The van der Waals surface area contributed by atoms with Crippen molar-refractivity contribution >= 4 is 55.9 Å². The zero-order chi connectivity index (χ0) is 46.9. The predicted octanol–water partition coefficient (Wildman–Crippen LogP) is 10.2. The van der Waals surface area contributed by atoms with E-state index >= 15 is 0 Å². The molecule has 0 amide bonds. The minimum atomic E-state index is -2.87. The molecule has 0 spiro atoms. The van der Waals surface area contributed by atoms with Crippen molar-refractivity contribution < 1.29 is 48.1 Å². The van der Waals surface area contributed by atoms with Crippen LogP contribution in [0.25, 0.3) is 50.0 Å². The molecular weight excluding hydrogens is 959 g/mol. The predicted molar refractivity (Wildman–Crippen MR) is 246 cm³/mol. The van der Waals surface area contributed by atoms with E-state index in [0.29, 0.717) is 45.2 Å². The molecule has 0 atom stereocenters. The first-order valence-electron chi connectivity index (χ1n) is 23.5. The molecule has 0 fully saturated rings. The van der Waals surface area contributed by atoms with Crippen molar-refractivity contribution in [2.45, 2.75) is 39.9 Å². The molecular formula is C54H39BN4O3Pt-2. The molecule has 2 aliphatic heterocycles. The van der Waals surface area contributed by atoms with Crippen molar-refractivity contribution in [2.24, 2.45) is 0 Å². The van der Waals surface area contributed by atoms with E-state index < -0.39 is 20.4 Å². The van der Waals surface area contributed by atoms with Crippen LogP contribution in [-0.4, -0.2) is 20.8 Å². The molecule has 5 heterocycles. The van der Waals surface area contributed by atoms with E-state index in [1.165, 1.54) is 4.57 Å². The SMILES string of the molecule is [2H]C([2H])([2H])c1c2c3c(c(C([2H])([2H])[2H])c1-[n+]1[c-]n(-c4[c-]c(Oc5[c-]c6c(cc5)c5ccccc5n6-c5cc(C(C)(C)C)ccn5)ccc4)c4ccccc41)Oc1ccccc1B3c1ccccc1O2.[Pt]. The number of rotatable bonds is 5. The monoisotopic (exact) mass is 1000 g/mol. The fourth-order valence-electron chi connectivity index (χ4n) is 9.06. The Balaban J connectivity index is 0.00000520. The molecule has 63 heavy (non-hydrogen) atoms. The Bertz CT molecular complexity index is 3640. The molecule has 0 bridgehead atoms. The third-order valence-corrected chi connectivity index (χ3v) is 12.0.